The molecule has 4 N–H and O–H groups in total. The SMILES string of the molecule is COc1nc(Oc2ccc(C(N)=O)cc2)ccc1N. The van der Waals surface area contributed by atoms with Gasteiger partial charge in [-0.2, -0.15) is 4.98 Å². The Morgan fingerprint density at radius 2 is 1.84 bits per heavy atom. The second-order valence-electron chi connectivity index (χ2n) is 3.74. The van der Waals surface area contributed by atoms with Crippen LogP contribution in [0.4, 0.5) is 5.69 Å². The minimum Gasteiger partial charge on any atom is -0.479 e. The van der Waals surface area contributed by atoms with Crippen LogP contribution < -0.4 is 20.9 Å². The number of nitrogen functional groups attached to an aromatic ring is 1. The lowest BCUT2D eigenvalue weighted by molar-refractivity contribution is 0.100. The summed E-state index contributed by atoms with van der Waals surface area (Å²) < 4.78 is 10.5. The van der Waals surface area contributed by atoms with Crippen LogP contribution in [0.15, 0.2) is 36.4 Å². The standard InChI is InChI=1S/C13H13N3O3/c1-18-13-10(14)6-7-11(16-13)19-9-4-2-8(3-5-9)12(15)17/h2-7H,14H2,1H3,(H2,15,17). The van der Waals surface area contributed by atoms with E-state index in [0.717, 1.165) is 0 Å². The molecule has 0 spiro atoms. The smallest absolute Gasteiger partial charge is 0.248 e. The van der Waals surface area contributed by atoms with Gasteiger partial charge in [-0.05, 0) is 30.3 Å². The van der Waals surface area contributed by atoms with Crippen molar-refractivity contribution >= 4 is 11.6 Å². The average Bonchev–Trinajstić information content (AvgIpc) is 2.41. The van der Waals surface area contributed by atoms with Crippen LogP contribution in [0.25, 0.3) is 0 Å². The third-order valence-corrected chi connectivity index (χ3v) is 2.42. The summed E-state index contributed by atoms with van der Waals surface area (Å²) >= 11 is 0. The Morgan fingerprint density at radius 1 is 1.16 bits per heavy atom. The quantitative estimate of drug-likeness (QED) is 0.867. The van der Waals surface area contributed by atoms with Gasteiger partial charge in [-0.25, -0.2) is 0 Å². The van der Waals surface area contributed by atoms with Crippen molar-refractivity contribution in [3.63, 3.8) is 0 Å². The van der Waals surface area contributed by atoms with Crippen molar-refractivity contribution in [3.8, 4) is 17.5 Å². The molecule has 0 aliphatic carbocycles. The maximum atomic E-state index is 10.9. The number of ether oxygens (including phenoxy) is 2. The fraction of sp³-hybridized carbons (Fsp3) is 0.0769. The van der Waals surface area contributed by atoms with Gasteiger partial charge in [0.1, 0.15) is 5.75 Å². The molecule has 2 rings (SSSR count). The van der Waals surface area contributed by atoms with Gasteiger partial charge < -0.3 is 20.9 Å². The monoisotopic (exact) mass is 259 g/mol. The Bertz CT molecular complexity index is 597. The molecule has 98 valence electrons. The second kappa shape index (κ2) is 5.26. The summed E-state index contributed by atoms with van der Waals surface area (Å²) in [6.45, 7) is 0. The Kier molecular flexibility index (Phi) is 3.51. The van der Waals surface area contributed by atoms with Gasteiger partial charge in [-0.1, -0.05) is 0 Å². The Hall–Kier alpha value is -2.76. The van der Waals surface area contributed by atoms with E-state index in [1.807, 2.05) is 0 Å². The van der Waals surface area contributed by atoms with E-state index in [2.05, 4.69) is 4.98 Å². The van der Waals surface area contributed by atoms with Gasteiger partial charge in [0, 0.05) is 11.6 Å². The van der Waals surface area contributed by atoms with Crippen molar-refractivity contribution in [1.82, 2.24) is 4.98 Å². The summed E-state index contributed by atoms with van der Waals surface area (Å²) in [5, 5.41) is 0. The zero-order chi connectivity index (χ0) is 13.8. The predicted molar refractivity (Wildman–Crippen MR) is 70.2 cm³/mol. The molecule has 0 aliphatic heterocycles. The molecule has 1 heterocycles. The number of hydrogen-bond donors (Lipinski definition) is 2. The number of pyridine rings is 1. The van der Waals surface area contributed by atoms with E-state index in [9.17, 15) is 4.79 Å². The molecule has 1 aromatic heterocycles. The minimum absolute atomic E-state index is 0.297. The van der Waals surface area contributed by atoms with Crippen LogP contribution in [0.5, 0.6) is 17.5 Å². The number of amides is 1. The molecule has 0 bridgehead atoms. The summed E-state index contributed by atoms with van der Waals surface area (Å²) in [5.74, 6) is 0.687. The average molecular weight is 259 g/mol. The molecular formula is C13H13N3O3. The summed E-state index contributed by atoms with van der Waals surface area (Å²) in [7, 11) is 1.48. The third-order valence-electron chi connectivity index (χ3n) is 2.42. The number of hydrogen-bond acceptors (Lipinski definition) is 5. The molecule has 6 nitrogen and oxygen atoms in total. The Morgan fingerprint density at radius 3 is 2.42 bits per heavy atom. The highest BCUT2D eigenvalue weighted by Crippen LogP contribution is 2.25. The highest BCUT2D eigenvalue weighted by molar-refractivity contribution is 5.92. The van der Waals surface area contributed by atoms with Crippen LogP contribution in [0.3, 0.4) is 0 Å². The summed E-state index contributed by atoms with van der Waals surface area (Å²) in [6, 6.07) is 9.67. The molecule has 1 amide bonds. The number of methoxy groups -OCH3 is 1. The van der Waals surface area contributed by atoms with E-state index in [4.69, 9.17) is 20.9 Å². The van der Waals surface area contributed by atoms with Crippen molar-refractivity contribution in [2.45, 2.75) is 0 Å². The van der Waals surface area contributed by atoms with Gasteiger partial charge in [0.15, 0.2) is 0 Å². The van der Waals surface area contributed by atoms with Crippen LogP contribution >= 0.6 is 0 Å². The number of nitrogens with zero attached hydrogens (tertiary/aromatic N) is 1. The van der Waals surface area contributed by atoms with Crippen molar-refractivity contribution < 1.29 is 14.3 Å². The highest BCUT2D eigenvalue weighted by atomic mass is 16.5. The van der Waals surface area contributed by atoms with E-state index in [0.29, 0.717) is 28.8 Å². The zero-order valence-corrected chi connectivity index (χ0v) is 10.3. The lowest BCUT2D eigenvalue weighted by atomic mass is 10.2. The number of nitrogens with two attached hydrogens (primary N) is 2. The molecule has 2 aromatic rings. The van der Waals surface area contributed by atoms with Crippen LogP contribution in [0.1, 0.15) is 10.4 Å². The fourth-order valence-electron chi connectivity index (χ4n) is 1.46. The van der Waals surface area contributed by atoms with Crippen molar-refractivity contribution in [3.05, 3.63) is 42.0 Å². The first-order valence-electron chi connectivity index (χ1n) is 5.48. The van der Waals surface area contributed by atoms with Crippen molar-refractivity contribution in [2.75, 3.05) is 12.8 Å². The van der Waals surface area contributed by atoms with Gasteiger partial charge in [0.05, 0.1) is 12.8 Å². The predicted octanol–water partition coefficient (Wildman–Crippen LogP) is 1.56. The van der Waals surface area contributed by atoms with E-state index in [1.54, 1.807) is 36.4 Å². The number of benzene rings is 1. The van der Waals surface area contributed by atoms with E-state index >= 15 is 0 Å². The van der Waals surface area contributed by atoms with Crippen LogP contribution in [0, 0.1) is 0 Å². The van der Waals surface area contributed by atoms with Crippen LogP contribution in [-0.4, -0.2) is 18.0 Å². The van der Waals surface area contributed by atoms with Crippen LogP contribution in [0.2, 0.25) is 0 Å². The molecule has 19 heavy (non-hydrogen) atoms. The molecular weight excluding hydrogens is 246 g/mol. The molecule has 0 fully saturated rings. The number of carbonyl (C=O) groups is 1. The highest BCUT2D eigenvalue weighted by Gasteiger charge is 2.06. The molecule has 1 aromatic carbocycles. The number of aromatic nitrogens is 1. The summed E-state index contributed by atoms with van der Waals surface area (Å²) in [5.41, 5.74) is 11.6. The normalized spacial score (nSPS) is 9.95. The molecule has 0 saturated heterocycles. The van der Waals surface area contributed by atoms with Gasteiger partial charge in [-0.3, -0.25) is 4.79 Å². The third kappa shape index (κ3) is 2.92. The first-order valence-corrected chi connectivity index (χ1v) is 5.48. The Balaban J connectivity index is 2.19. The molecule has 6 heteroatoms. The van der Waals surface area contributed by atoms with Crippen molar-refractivity contribution in [2.24, 2.45) is 5.73 Å². The van der Waals surface area contributed by atoms with E-state index in [1.165, 1.54) is 7.11 Å². The number of rotatable bonds is 4. The molecule has 0 aliphatic rings. The molecule has 0 unspecified atom stereocenters. The molecule has 0 atom stereocenters. The Labute approximate surface area is 110 Å². The summed E-state index contributed by atoms with van der Waals surface area (Å²) in [4.78, 5) is 15.0. The van der Waals surface area contributed by atoms with E-state index in [-0.39, 0.29) is 0 Å². The number of carbonyl (C=O) groups excluding carboxylic acids is 1. The fourth-order valence-corrected chi connectivity index (χ4v) is 1.46. The lowest BCUT2D eigenvalue weighted by Gasteiger charge is -2.08. The summed E-state index contributed by atoms with van der Waals surface area (Å²) in [6.07, 6.45) is 0. The topological polar surface area (TPSA) is 100 Å². The zero-order valence-electron chi connectivity index (χ0n) is 10.3. The maximum Gasteiger partial charge on any atom is 0.248 e. The van der Waals surface area contributed by atoms with Gasteiger partial charge in [-0.15, -0.1) is 0 Å². The molecule has 0 radical (unpaired) electrons. The van der Waals surface area contributed by atoms with E-state index < -0.39 is 5.91 Å². The van der Waals surface area contributed by atoms with Crippen molar-refractivity contribution in [1.29, 1.82) is 0 Å². The maximum absolute atomic E-state index is 10.9. The minimum atomic E-state index is -0.487. The van der Waals surface area contributed by atoms with Gasteiger partial charge >= 0.3 is 0 Å². The number of anilines is 1. The number of primary amides is 1. The van der Waals surface area contributed by atoms with Gasteiger partial charge in [0.2, 0.25) is 17.7 Å². The first-order chi connectivity index (χ1) is 9.10. The first kappa shape index (κ1) is 12.7. The second-order valence-corrected chi connectivity index (χ2v) is 3.74. The van der Waals surface area contributed by atoms with Crippen LogP contribution in [-0.2, 0) is 0 Å². The largest absolute Gasteiger partial charge is 0.479 e. The molecule has 0 saturated carbocycles. The lowest BCUT2D eigenvalue weighted by Crippen LogP contribution is -2.10. The van der Waals surface area contributed by atoms with Gasteiger partial charge in [0.25, 0.3) is 0 Å².